The van der Waals surface area contributed by atoms with Crippen molar-refractivity contribution in [2.75, 3.05) is 37.2 Å². The SMILES string of the molecule is N=C(C(=O)Nc1ccc(CN2CCCC2)nc1)c1cc(-c2cncc(CN3CCC(F)(F)CC3)c2)ccc1N. The van der Waals surface area contributed by atoms with E-state index in [1.54, 1.807) is 36.8 Å². The van der Waals surface area contributed by atoms with Gasteiger partial charge in [0.2, 0.25) is 0 Å². The van der Waals surface area contributed by atoms with Crippen molar-refractivity contribution in [2.24, 2.45) is 0 Å². The molecule has 0 spiro atoms. The van der Waals surface area contributed by atoms with E-state index in [9.17, 15) is 13.6 Å². The highest BCUT2D eigenvalue weighted by atomic mass is 19.3. The molecule has 39 heavy (non-hydrogen) atoms. The second-order valence-corrected chi connectivity index (χ2v) is 10.4. The second-order valence-electron chi connectivity index (χ2n) is 10.4. The molecule has 2 saturated heterocycles. The van der Waals surface area contributed by atoms with E-state index in [0.29, 0.717) is 36.6 Å². The van der Waals surface area contributed by atoms with Gasteiger partial charge in [-0.2, -0.15) is 0 Å². The maximum Gasteiger partial charge on any atom is 0.274 e. The first kappa shape index (κ1) is 26.8. The number of piperidine rings is 1. The predicted molar refractivity (Wildman–Crippen MR) is 148 cm³/mol. The molecule has 0 aliphatic carbocycles. The van der Waals surface area contributed by atoms with Gasteiger partial charge in [-0.05, 0) is 67.4 Å². The average molecular weight is 534 g/mol. The number of hydrogen-bond donors (Lipinski definition) is 3. The van der Waals surface area contributed by atoms with Crippen molar-refractivity contribution in [1.82, 2.24) is 19.8 Å². The smallest absolute Gasteiger partial charge is 0.274 e. The number of likely N-dealkylation sites (tertiary alicyclic amines) is 2. The van der Waals surface area contributed by atoms with Crippen LogP contribution in [0.25, 0.3) is 11.1 Å². The third-order valence-electron chi connectivity index (χ3n) is 7.34. The quantitative estimate of drug-likeness (QED) is 0.289. The number of benzene rings is 1. The maximum atomic E-state index is 13.5. The van der Waals surface area contributed by atoms with Crippen molar-refractivity contribution in [3.05, 3.63) is 71.8 Å². The topological polar surface area (TPSA) is 111 Å². The van der Waals surface area contributed by atoms with E-state index in [-0.39, 0.29) is 18.6 Å². The van der Waals surface area contributed by atoms with Crippen LogP contribution in [0.1, 0.15) is 42.5 Å². The molecular weight excluding hydrogens is 500 g/mol. The zero-order valence-corrected chi connectivity index (χ0v) is 21.8. The van der Waals surface area contributed by atoms with Gasteiger partial charge in [0, 0.05) is 68.2 Å². The molecule has 2 aliphatic heterocycles. The largest absolute Gasteiger partial charge is 0.398 e. The third-order valence-corrected chi connectivity index (χ3v) is 7.34. The Morgan fingerprint density at radius 1 is 0.949 bits per heavy atom. The molecule has 5 rings (SSSR count). The number of amides is 1. The number of alkyl halides is 2. The highest BCUT2D eigenvalue weighted by Crippen LogP contribution is 2.29. The number of pyridine rings is 2. The summed E-state index contributed by atoms with van der Waals surface area (Å²) in [5.74, 6) is -3.16. The number of halogens is 2. The van der Waals surface area contributed by atoms with E-state index in [1.165, 1.54) is 12.8 Å². The Morgan fingerprint density at radius 3 is 2.41 bits per heavy atom. The van der Waals surface area contributed by atoms with E-state index in [1.807, 2.05) is 23.1 Å². The van der Waals surface area contributed by atoms with Crippen LogP contribution in [-0.4, -0.2) is 63.5 Å². The highest BCUT2D eigenvalue weighted by molar-refractivity contribution is 6.48. The minimum atomic E-state index is -2.58. The maximum absolute atomic E-state index is 13.5. The molecule has 0 saturated carbocycles. The number of carbonyl (C=O) groups excluding carboxylic acids is 1. The number of aromatic nitrogens is 2. The zero-order valence-electron chi connectivity index (χ0n) is 21.8. The Hall–Kier alpha value is -3.76. The Balaban J connectivity index is 1.25. The molecule has 0 bridgehead atoms. The van der Waals surface area contributed by atoms with Gasteiger partial charge in [0.25, 0.3) is 11.8 Å². The van der Waals surface area contributed by atoms with Gasteiger partial charge in [-0.15, -0.1) is 0 Å². The molecule has 2 aromatic heterocycles. The van der Waals surface area contributed by atoms with E-state index in [2.05, 4.69) is 20.2 Å². The average Bonchev–Trinajstić information content (AvgIpc) is 3.44. The number of hydrogen-bond acceptors (Lipinski definition) is 7. The lowest BCUT2D eigenvalue weighted by atomic mass is 9.99. The Bertz CT molecular complexity index is 1330. The molecule has 2 fully saturated rings. The molecule has 3 aromatic rings. The fourth-order valence-corrected chi connectivity index (χ4v) is 5.06. The number of nitrogens with two attached hydrogens (primary N) is 1. The monoisotopic (exact) mass is 533 g/mol. The minimum Gasteiger partial charge on any atom is -0.398 e. The van der Waals surface area contributed by atoms with Crippen LogP contribution in [0, 0.1) is 5.41 Å². The molecular formula is C29H33F2N7O. The zero-order chi connectivity index (χ0) is 27.4. The van der Waals surface area contributed by atoms with Crippen LogP contribution < -0.4 is 11.1 Å². The highest BCUT2D eigenvalue weighted by Gasteiger charge is 2.33. The molecule has 2 aliphatic rings. The lowest BCUT2D eigenvalue weighted by Crippen LogP contribution is -2.38. The minimum absolute atomic E-state index is 0.134. The number of anilines is 2. The molecule has 1 aromatic carbocycles. The van der Waals surface area contributed by atoms with Crippen molar-refractivity contribution in [2.45, 2.75) is 44.7 Å². The number of nitrogens with zero attached hydrogens (tertiary/aromatic N) is 4. The van der Waals surface area contributed by atoms with E-state index in [0.717, 1.165) is 42.0 Å². The number of carbonyl (C=O) groups is 1. The lowest BCUT2D eigenvalue weighted by molar-refractivity contribution is -0.110. The van der Waals surface area contributed by atoms with Crippen LogP contribution in [-0.2, 0) is 17.9 Å². The molecule has 0 radical (unpaired) electrons. The molecule has 4 heterocycles. The molecule has 0 unspecified atom stereocenters. The molecule has 8 nitrogen and oxygen atoms in total. The fraction of sp³-hybridized carbons (Fsp3) is 0.379. The van der Waals surface area contributed by atoms with E-state index < -0.39 is 11.8 Å². The summed E-state index contributed by atoms with van der Waals surface area (Å²) < 4.78 is 27.0. The summed E-state index contributed by atoms with van der Waals surface area (Å²) >= 11 is 0. The van der Waals surface area contributed by atoms with Gasteiger partial charge >= 0.3 is 0 Å². The normalized spacial score (nSPS) is 17.7. The van der Waals surface area contributed by atoms with Crippen molar-refractivity contribution < 1.29 is 13.6 Å². The van der Waals surface area contributed by atoms with Crippen LogP contribution in [0.5, 0.6) is 0 Å². The first-order valence-corrected chi connectivity index (χ1v) is 13.3. The number of nitrogen functional groups attached to an aromatic ring is 1. The Labute approximate surface area is 226 Å². The van der Waals surface area contributed by atoms with Crippen LogP contribution in [0.15, 0.2) is 55.0 Å². The standard InChI is InChI=1S/C29H33F2N7O/c30-29(31)7-11-38(12-8-29)18-20-13-22(16-34-15-20)21-3-6-26(32)25(14-21)27(33)28(39)36-23-4-5-24(35-17-23)19-37-9-1-2-10-37/h3-6,13-17,33H,1-2,7-12,18-19,32H2,(H,36,39). The summed E-state index contributed by atoms with van der Waals surface area (Å²) in [4.78, 5) is 26.0. The fourth-order valence-electron chi connectivity index (χ4n) is 5.06. The molecule has 4 N–H and O–H groups in total. The summed E-state index contributed by atoms with van der Waals surface area (Å²) in [6.07, 6.45) is 7.19. The lowest BCUT2D eigenvalue weighted by Gasteiger charge is -2.31. The molecule has 0 atom stereocenters. The summed E-state index contributed by atoms with van der Waals surface area (Å²) in [5, 5.41) is 11.3. The van der Waals surface area contributed by atoms with Crippen LogP contribution >= 0.6 is 0 Å². The summed E-state index contributed by atoms with van der Waals surface area (Å²) in [6, 6.07) is 10.8. The Morgan fingerprint density at radius 2 is 1.69 bits per heavy atom. The molecule has 204 valence electrons. The summed E-state index contributed by atoms with van der Waals surface area (Å²) in [5.41, 5.74) is 10.4. The van der Waals surface area contributed by atoms with Gasteiger partial charge in [0.05, 0.1) is 17.6 Å². The van der Waals surface area contributed by atoms with Gasteiger partial charge in [-0.3, -0.25) is 30.0 Å². The van der Waals surface area contributed by atoms with Gasteiger partial charge in [-0.1, -0.05) is 6.07 Å². The summed E-state index contributed by atoms with van der Waals surface area (Å²) in [6.45, 7) is 4.16. The predicted octanol–water partition coefficient (Wildman–Crippen LogP) is 4.56. The molecule has 10 heteroatoms. The molecule has 1 amide bonds. The third kappa shape index (κ3) is 6.82. The van der Waals surface area contributed by atoms with Crippen molar-refractivity contribution >= 4 is 23.0 Å². The van der Waals surface area contributed by atoms with Crippen LogP contribution in [0.2, 0.25) is 0 Å². The summed E-state index contributed by atoms with van der Waals surface area (Å²) in [7, 11) is 0. The Kier molecular flexibility index (Phi) is 7.94. The van der Waals surface area contributed by atoms with Gasteiger partial charge < -0.3 is 11.1 Å². The van der Waals surface area contributed by atoms with E-state index >= 15 is 0 Å². The van der Waals surface area contributed by atoms with Crippen LogP contribution in [0.4, 0.5) is 20.2 Å². The first-order chi connectivity index (χ1) is 18.8. The van der Waals surface area contributed by atoms with Gasteiger partial charge in [0.15, 0.2) is 0 Å². The van der Waals surface area contributed by atoms with Crippen molar-refractivity contribution in [3.63, 3.8) is 0 Å². The van der Waals surface area contributed by atoms with Gasteiger partial charge in [0.1, 0.15) is 5.71 Å². The van der Waals surface area contributed by atoms with Gasteiger partial charge in [-0.25, -0.2) is 8.78 Å². The number of rotatable bonds is 8. The van der Waals surface area contributed by atoms with Crippen molar-refractivity contribution in [1.29, 1.82) is 5.41 Å². The first-order valence-electron chi connectivity index (χ1n) is 13.3. The van der Waals surface area contributed by atoms with Crippen LogP contribution in [0.3, 0.4) is 0 Å². The van der Waals surface area contributed by atoms with E-state index in [4.69, 9.17) is 11.1 Å². The number of nitrogens with one attached hydrogen (secondary N) is 2. The second kappa shape index (κ2) is 11.5. The van der Waals surface area contributed by atoms with Crippen molar-refractivity contribution in [3.8, 4) is 11.1 Å².